The Hall–Kier alpha value is -1.85. The summed E-state index contributed by atoms with van der Waals surface area (Å²) in [5.41, 5.74) is 3.84. The Morgan fingerprint density at radius 1 is 1.39 bits per heavy atom. The van der Waals surface area contributed by atoms with Gasteiger partial charge in [-0.15, -0.1) is 0 Å². The first-order valence-electron chi connectivity index (χ1n) is 7.91. The number of aryl methyl sites for hydroxylation is 1. The van der Waals surface area contributed by atoms with Gasteiger partial charge in [0.1, 0.15) is 6.10 Å². The van der Waals surface area contributed by atoms with Crippen molar-refractivity contribution in [2.24, 2.45) is 4.99 Å². The molecule has 1 unspecified atom stereocenters. The van der Waals surface area contributed by atoms with Crippen LogP contribution in [0.1, 0.15) is 22.8 Å². The van der Waals surface area contributed by atoms with Crippen LogP contribution in [0.2, 0.25) is 0 Å². The summed E-state index contributed by atoms with van der Waals surface area (Å²) in [4.78, 5) is 6.73. The molecule has 1 aromatic carbocycles. The van der Waals surface area contributed by atoms with Gasteiger partial charge in [-0.05, 0) is 40.4 Å². The van der Waals surface area contributed by atoms with Gasteiger partial charge in [0.05, 0.1) is 13.2 Å². The van der Waals surface area contributed by atoms with Crippen molar-refractivity contribution in [2.45, 2.75) is 19.6 Å². The molecule has 0 aliphatic carbocycles. The van der Waals surface area contributed by atoms with Crippen LogP contribution in [-0.4, -0.2) is 37.6 Å². The molecule has 0 bridgehead atoms. The summed E-state index contributed by atoms with van der Waals surface area (Å²) in [7, 11) is 1.84. The van der Waals surface area contributed by atoms with Crippen LogP contribution >= 0.6 is 11.3 Å². The summed E-state index contributed by atoms with van der Waals surface area (Å²) < 4.78 is 6.00. The molecule has 23 heavy (non-hydrogen) atoms. The maximum atomic E-state index is 6.00. The molecular weight excluding hydrogens is 306 g/mol. The summed E-state index contributed by atoms with van der Waals surface area (Å²) in [6.45, 7) is 5.36. The average Bonchev–Trinajstić information content (AvgIpc) is 3.10. The lowest BCUT2D eigenvalue weighted by Crippen LogP contribution is -2.48. The van der Waals surface area contributed by atoms with Crippen molar-refractivity contribution in [3.8, 4) is 0 Å². The fourth-order valence-electron chi connectivity index (χ4n) is 2.88. The third-order valence-electron chi connectivity index (χ3n) is 4.14. The summed E-state index contributed by atoms with van der Waals surface area (Å²) in [6.07, 6.45) is 0.102. The smallest absolute Gasteiger partial charge is 0.194 e. The first kappa shape index (κ1) is 16.0. The van der Waals surface area contributed by atoms with Gasteiger partial charge in [-0.3, -0.25) is 4.99 Å². The average molecular weight is 329 g/mol. The zero-order chi connectivity index (χ0) is 16.1. The van der Waals surface area contributed by atoms with E-state index in [-0.39, 0.29) is 6.10 Å². The highest BCUT2D eigenvalue weighted by atomic mass is 32.1. The normalized spacial score (nSPS) is 19.0. The molecule has 1 saturated heterocycles. The van der Waals surface area contributed by atoms with E-state index in [1.165, 1.54) is 16.7 Å². The fourth-order valence-corrected chi connectivity index (χ4v) is 3.55. The minimum Gasteiger partial charge on any atom is -0.370 e. The van der Waals surface area contributed by atoms with E-state index in [9.17, 15) is 0 Å². The van der Waals surface area contributed by atoms with Crippen molar-refractivity contribution < 1.29 is 4.74 Å². The number of rotatable bonds is 3. The lowest BCUT2D eigenvalue weighted by molar-refractivity contribution is -0.00833. The molecule has 1 atom stereocenters. The number of ether oxygens (including phenoxy) is 1. The van der Waals surface area contributed by atoms with E-state index in [4.69, 9.17) is 4.74 Å². The summed E-state index contributed by atoms with van der Waals surface area (Å²) in [6, 6.07) is 10.6. The van der Waals surface area contributed by atoms with E-state index < -0.39 is 0 Å². The minimum absolute atomic E-state index is 0.102. The van der Waals surface area contributed by atoms with Gasteiger partial charge in [0, 0.05) is 20.1 Å². The topological polar surface area (TPSA) is 36.9 Å². The van der Waals surface area contributed by atoms with E-state index in [1.807, 2.05) is 7.05 Å². The van der Waals surface area contributed by atoms with Crippen LogP contribution in [0, 0.1) is 6.92 Å². The van der Waals surface area contributed by atoms with Gasteiger partial charge < -0.3 is 15.0 Å². The molecule has 4 nitrogen and oxygen atoms in total. The van der Waals surface area contributed by atoms with Crippen molar-refractivity contribution in [3.63, 3.8) is 0 Å². The van der Waals surface area contributed by atoms with Crippen molar-refractivity contribution >= 4 is 17.3 Å². The Kier molecular flexibility index (Phi) is 5.31. The largest absolute Gasteiger partial charge is 0.370 e. The highest BCUT2D eigenvalue weighted by Gasteiger charge is 2.24. The Labute approximate surface area is 141 Å². The first-order chi connectivity index (χ1) is 11.3. The van der Waals surface area contributed by atoms with Crippen LogP contribution < -0.4 is 5.32 Å². The van der Waals surface area contributed by atoms with E-state index in [0.29, 0.717) is 0 Å². The monoisotopic (exact) mass is 329 g/mol. The molecule has 2 heterocycles. The first-order valence-corrected chi connectivity index (χ1v) is 8.86. The molecular formula is C18H23N3OS. The second-order valence-electron chi connectivity index (χ2n) is 5.69. The predicted octanol–water partition coefficient (Wildman–Crippen LogP) is 3.21. The van der Waals surface area contributed by atoms with Gasteiger partial charge in [0.25, 0.3) is 0 Å². The molecule has 1 aromatic heterocycles. The highest BCUT2D eigenvalue weighted by Crippen LogP contribution is 2.25. The fraction of sp³-hybridized carbons (Fsp3) is 0.389. The van der Waals surface area contributed by atoms with Crippen LogP contribution in [0.15, 0.2) is 46.1 Å². The van der Waals surface area contributed by atoms with Gasteiger partial charge in [0.2, 0.25) is 0 Å². The summed E-state index contributed by atoms with van der Waals surface area (Å²) in [5, 5.41) is 7.72. The molecule has 1 N–H and O–H groups in total. The van der Waals surface area contributed by atoms with Gasteiger partial charge >= 0.3 is 0 Å². The molecule has 5 heteroatoms. The molecule has 0 spiro atoms. The van der Waals surface area contributed by atoms with Crippen LogP contribution in [0.5, 0.6) is 0 Å². The van der Waals surface area contributed by atoms with Crippen LogP contribution in [-0.2, 0) is 11.3 Å². The highest BCUT2D eigenvalue weighted by molar-refractivity contribution is 7.07. The van der Waals surface area contributed by atoms with Crippen molar-refractivity contribution in [3.05, 3.63) is 57.8 Å². The molecule has 2 aromatic rings. The Morgan fingerprint density at radius 3 is 3.00 bits per heavy atom. The number of benzene rings is 1. The number of nitrogens with one attached hydrogen (secondary N) is 1. The molecule has 0 radical (unpaired) electrons. The van der Waals surface area contributed by atoms with Gasteiger partial charge in [-0.25, -0.2) is 0 Å². The molecule has 1 aliphatic heterocycles. The Morgan fingerprint density at radius 2 is 2.26 bits per heavy atom. The van der Waals surface area contributed by atoms with Crippen LogP contribution in [0.3, 0.4) is 0 Å². The van der Waals surface area contributed by atoms with E-state index in [1.54, 1.807) is 11.3 Å². The van der Waals surface area contributed by atoms with E-state index in [0.717, 1.165) is 32.2 Å². The van der Waals surface area contributed by atoms with Gasteiger partial charge in [-0.2, -0.15) is 11.3 Å². The maximum Gasteiger partial charge on any atom is 0.194 e. The Balaban J connectivity index is 1.66. The zero-order valence-electron chi connectivity index (χ0n) is 13.7. The van der Waals surface area contributed by atoms with Crippen LogP contribution in [0.4, 0.5) is 0 Å². The second-order valence-corrected chi connectivity index (χ2v) is 6.47. The molecule has 1 aliphatic rings. The van der Waals surface area contributed by atoms with Crippen molar-refractivity contribution in [1.82, 2.24) is 10.2 Å². The number of nitrogens with zero attached hydrogens (tertiary/aromatic N) is 2. The quantitative estimate of drug-likeness (QED) is 0.694. The third-order valence-corrected chi connectivity index (χ3v) is 4.88. The molecule has 1 fully saturated rings. The van der Waals surface area contributed by atoms with Crippen molar-refractivity contribution in [1.29, 1.82) is 0 Å². The SMILES string of the molecule is CN=C(NCc1ccsc1)N1CCOC(c2ccccc2C)C1. The van der Waals surface area contributed by atoms with Gasteiger partial charge in [-0.1, -0.05) is 24.3 Å². The van der Waals surface area contributed by atoms with Gasteiger partial charge in [0.15, 0.2) is 5.96 Å². The standard InChI is InChI=1S/C18H23N3OS/c1-14-5-3-4-6-16(14)17-12-21(8-9-22-17)18(19-2)20-11-15-7-10-23-13-15/h3-7,10,13,17H,8-9,11-12H2,1-2H3,(H,19,20). The number of morpholine rings is 1. The summed E-state index contributed by atoms with van der Waals surface area (Å²) in [5.74, 6) is 0.943. The molecule has 0 amide bonds. The molecule has 122 valence electrons. The predicted molar refractivity (Wildman–Crippen MR) is 96.0 cm³/mol. The Bertz CT molecular complexity index is 654. The number of guanidine groups is 1. The maximum absolute atomic E-state index is 6.00. The number of hydrogen-bond donors (Lipinski definition) is 1. The minimum atomic E-state index is 0.102. The second kappa shape index (κ2) is 7.62. The lowest BCUT2D eigenvalue weighted by Gasteiger charge is -2.35. The molecule has 3 rings (SSSR count). The third kappa shape index (κ3) is 3.92. The number of thiophene rings is 1. The zero-order valence-corrected chi connectivity index (χ0v) is 14.5. The summed E-state index contributed by atoms with van der Waals surface area (Å²) >= 11 is 1.72. The molecule has 0 saturated carbocycles. The van der Waals surface area contributed by atoms with E-state index in [2.05, 4.69) is 63.2 Å². The number of aliphatic imine (C=N–C) groups is 1. The van der Waals surface area contributed by atoms with Crippen molar-refractivity contribution in [2.75, 3.05) is 26.7 Å². The van der Waals surface area contributed by atoms with Crippen LogP contribution in [0.25, 0.3) is 0 Å². The van der Waals surface area contributed by atoms with E-state index >= 15 is 0 Å². The number of hydrogen-bond acceptors (Lipinski definition) is 3. The lowest BCUT2D eigenvalue weighted by atomic mass is 10.0.